The Kier molecular flexibility index (Phi) is 7.09. The molecule has 1 aliphatic carbocycles. The summed E-state index contributed by atoms with van der Waals surface area (Å²) in [5, 5.41) is 1.07. The fraction of sp³-hybridized carbons (Fsp3) is 0.538. The van der Waals surface area contributed by atoms with E-state index < -0.39 is 8.32 Å². The minimum Gasteiger partial charge on any atom is -0.471 e. The molecule has 0 saturated heterocycles. The highest BCUT2D eigenvalue weighted by Crippen LogP contribution is 2.43. The van der Waals surface area contributed by atoms with E-state index in [0.717, 1.165) is 36.0 Å². The molecule has 5 nitrogen and oxygen atoms in total. The van der Waals surface area contributed by atoms with Crippen LogP contribution in [-0.4, -0.2) is 43.0 Å². The maximum Gasteiger partial charge on any atom is 0.260 e. The van der Waals surface area contributed by atoms with E-state index in [0.29, 0.717) is 27.9 Å². The summed E-state index contributed by atoms with van der Waals surface area (Å²) >= 11 is 12.6. The van der Waals surface area contributed by atoms with E-state index >= 15 is 0 Å². The minimum atomic E-state index is -1.96. The molecule has 1 fully saturated rings. The maximum atomic E-state index is 13.7. The summed E-state index contributed by atoms with van der Waals surface area (Å²) < 4.78 is 12.9. The van der Waals surface area contributed by atoms with Crippen LogP contribution in [0.3, 0.4) is 0 Å². The number of halogens is 2. The predicted molar refractivity (Wildman–Crippen MR) is 140 cm³/mol. The van der Waals surface area contributed by atoms with Crippen LogP contribution in [0.4, 0.5) is 0 Å². The van der Waals surface area contributed by atoms with Gasteiger partial charge in [-0.25, -0.2) is 4.98 Å². The number of pyridine rings is 1. The molecule has 1 saturated carbocycles. The Labute approximate surface area is 213 Å². The molecule has 1 aromatic carbocycles. The van der Waals surface area contributed by atoms with Crippen molar-refractivity contribution in [1.29, 1.82) is 0 Å². The van der Waals surface area contributed by atoms with Gasteiger partial charge in [0.2, 0.25) is 0 Å². The first-order chi connectivity index (χ1) is 15.9. The van der Waals surface area contributed by atoms with Gasteiger partial charge in [0.05, 0.1) is 22.7 Å². The molecule has 4 rings (SSSR count). The van der Waals surface area contributed by atoms with Crippen LogP contribution in [0.2, 0.25) is 28.3 Å². The Hall–Kier alpha value is -1.60. The first-order valence-corrected chi connectivity index (χ1v) is 15.6. The third-order valence-electron chi connectivity index (χ3n) is 7.67. The van der Waals surface area contributed by atoms with Crippen molar-refractivity contribution in [1.82, 2.24) is 9.88 Å². The number of hydrogen-bond acceptors (Lipinski definition) is 4. The summed E-state index contributed by atoms with van der Waals surface area (Å²) in [6.07, 6.45) is 5.34. The molecule has 2 aliphatic rings. The fourth-order valence-corrected chi connectivity index (χ4v) is 6.32. The zero-order valence-corrected chi connectivity index (χ0v) is 23.4. The summed E-state index contributed by atoms with van der Waals surface area (Å²) in [6, 6.07) is 5.65. The topological polar surface area (TPSA) is 51.7 Å². The molecule has 1 amide bonds. The van der Waals surface area contributed by atoms with Gasteiger partial charge >= 0.3 is 0 Å². The minimum absolute atomic E-state index is 0.0127. The normalized spacial score (nSPS) is 20.9. The molecule has 34 heavy (non-hydrogen) atoms. The van der Waals surface area contributed by atoms with Crippen LogP contribution in [-0.2, 0) is 10.8 Å². The van der Waals surface area contributed by atoms with Crippen molar-refractivity contribution in [2.24, 2.45) is 0 Å². The molecule has 0 unspecified atom stereocenters. The lowest BCUT2D eigenvalue weighted by Crippen LogP contribution is -2.53. The Morgan fingerprint density at radius 1 is 1.24 bits per heavy atom. The van der Waals surface area contributed by atoms with E-state index in [9.17, 15) is 4.79 Å². The molecule has 184 valence electrons. The molecule has 1 aromatic heterocycles. The molecule has 2 heterocycles. The molecular weight excluding hydrogens is 487 g/mol. The highest BCUT2D eigenvalue weighted by atomic mass is 35.5. The van der Waals surface area contributed by atoms with E-state index in [1.807, 2.05) is 24.0 Å². The monoisotopic (exact) mass is 520 g/mol. The zero-order chi connectivity index (χ0) is 24.8. The van der Waals surface area contributed by atoms with Crippen molar-refractivity contribution in [3.63, 3.8) is 0 Å². The average molecular weight is 522 g/mol. The smallest absolute Gasteiger partial charge is 0.260 e. The molecular formula is C26H34Cl2N2O3Si. The molecule has 2 atom stereocenters. The first-order valence-electron chi connectivity index (χ1n) is 11.9. The molecule has 0 N–H and O–H groups in total. The van der Waals surface area contributed by atoms with Crippen molar-refractivity contribution < 1.29 is 14.0 Å². The van der Waals surface area contributed by atoms with Gasteiger partial charge in [0, 0.05) is 6.20 Å². The first kappa shape index (κ1) is 25.5. The van der Waals surface area contributed by atoms with Crippen LogP contribution in [0.15, 0.2) is 24.4 Å². The highest BCUT2D eigenvalue weighted by Gasteiger charge is 2.45. The van der Waals surface area contributed by atoms with Crippen LogP contribution < -0.4 is 4.74 Å². The number of fused-ring (bicyclic) bond motifs is 1. The highest BCUT2D eigenvalue weighted by molar-refractivity contribution is 6.74. The largest absolute Gasteiger partial charge is 0.471 e. The van der Waals surface area contributed by atoms with Gasteiger partial charge in [-0.15, -0.1) is 0 Å². The molecule has 0 bridgehead atoms. The number of ether oxygens (including phenoxy) is 1. The van der Waals surface area contributed by atoms with Gasteiger partial charge in [-0.3, -0.25) is 9.69 Å². The van der Waals surface area contributed by atoms with Gasteiger partial charge in [0.15, 0.2) is 20.8 Å². The Morgan fingerprint density at radius 2 is 1.97 bits per heavy atom. The van der Waals surface area contributed by atoms with Crippen molar-refractivity contribution in [3.05, 3.63) is 56.8 Å². The number of carbonyl (C=O) groups is 1. The van der Waals surface area contributed by atoms with Gasteiger partial charge in [0.1, 0.15) is 5.15 Å². The van der Waals surface area contributed by atoms with Crippen LogP contribution in [0.25, 0.3) is 0 Å². The summed E-state index contributed by atoms with van der Waals surface area (Å²) in [5.41, 5.74) is 3.42. The number of rotatable bonds is 5. The molecule has 8 heteroatoms. The molecule has 2 aromatic rings. The summed E-state index contributed by atoms with van der Waals surface area (Å²) in [4.78, 5) is 19.8. The van der Waals surface area contributed by atoms with Crippen LogP contribution in [0.5, 0.6) is 5.75 Å². The van der Waals surface area contributed by atoms with Crippen LogP contribution in [0.1, 0.15) is 67.1 Å². The van der Waals surface area contributed by atoms with E-state index in [-0.39, 0.29) is 29.8 Å². The van der Waals surface area contributed by atoms with Crippen molar-refractivity contribution in [2.45, 2.75) is 83.7 Å². The Morgan fingerprint density at radius 3 is 2.62 bits per heavy atom. The number of aromatic nitrogens is 1. The van der Waals surface area contributed by atoms with Crippen molar-refractivity contribution in [3.8, 4) is 5.75 Å². The Bertz CT molecular complexity index is 1080. The third-order valence-corrected chi connectivity index (χ3v) is 12.8. The average Bonchev–Trinajstić information content (AvgIpc) is 3.20. The fourth-order valence-electron chi connectivity index (χ4n) is 4.54. The van der Waals surface area contributed by atoms with Crippen LogP contribution in [0, 0.1) is 6.92 Å². The quantitative estimate of drug-likeness (QED) is 0.313. The zero-order valence-electron chi connectivity index (χ0n) is 20.9. The van der Waals surface area contributed by atoms with Crippen molar-refractivity contribution >= 4 is 37.4 Å². The van der Waals surface area contributed by atoms with Crippen molar-refractivity contribution in [2.75, 3.05) is 6.73 Å². The second-order valence-electron chi connectivity index (χ2n) is 11.0. The molecule has 1 aliphatic heterocycles. The lowest BCUT2D eigenvalue weighted by molar-refractivity contribution is 0.0155. The van der Waals surface area contributed by atoms with E-state index in [4.69, 9.17) is 32.4 Å². The predicted octanol–water partition coefficient (Wildman–Crippen LogP) is 7.02. The number of hydrogen-bond donors (Lipinski definition) is 0. The lowest BCUT2D eigenvalue weighted by Gasteiger charge is -2.42. The van der Waals surface area contributed by atoms with E-state index in [1.165, 1.54) is 0 Å². The number of benzene rings is 1. The number of nitrogens with zero attached hydrogens (tertiary/aromatic N) is 2. The van der Waals surface area contributed by atoms with E-state index in [1.54, 1.807) is 12.3 Å². The van der Waals surface area contributed by atoms with E-state index in [2.05, 4.69) is 38.8 Å². The van der Waals surface area contributed by atoms with Gasteiger partial charge in [-0.05, 0) is 79.6 Å². The molecule has 0 spiro atoms. The van der Waals surface area contributed by atoms with Gasteiger partial charge < -0.3 is 9.16 Å². The number of carbonyl (C=O) groups excluding carboxylic acids is 1. The maximum absolute atomic E-state index is 13.7. The summed E-state index contributed by atoms with van der Waals surface area (Å²) in [6.45, 7) is 13.4. The second-order valence-corrected chi connectivity index (χ2v) is 16.5. The van der Waals surface area contributed by atoms with Gasteiger partial charge in [-0.1, -0.05) is 50.0 Å². The third kappa shape index (κ3) is 4.88. The lowest BCUT2D eigenvalue weighted by atomic mass is 9.96. The van der Waals surface area contributed by atoms with Crippen LogP contribution >= 0.6 is 23.2 Å². The second kappa shape index (κ2) is 9.45. The SMILES string of the molecule is Cc1c(Cc2ccc(Cl)nc2)cc2c(c1Cl)OCN([C@H]1CCC[C@@H]1O[Si](C)(C)C(C)(C)C)C2=O. The Balaban J connectivity index is 1.61. The number of amides is 1. The standard InChI is InChI=1S/C26H34Cl2N2O3Si/c1-16-18(12-17-10-11-22(27)29-14-17)13-19-24(23(16)28)32-15-30(25(19)31)20-8-7-9-21(20)33-34(5,6)26(2,3)4/h10-11,13-14,20-21H,7-9,12,15H2,1-6H3/t20-,21-/m0/s1. The summed E-state index contributed by atoms with van der Waals surface area (Å²) in [5.74, 6) is 0.452. The summed E-state index contributed by atoms with van der Waals surface area (Å²) in [7, 11) is -1.96. The van der Waals surface area contributed by atoms with Gasteiger partial charge in [0.25, 0.3) is 5.91 Å². The van der Waals surface area contributed by atoms with Gasteiger partial charge in [-0.2, -0.15) is 0 Å². The molecule has 0 radical (unpaired) electrons.